The van der Waals surface area contributed by atoms with Gasteiger partial charge in [-0.2, -0.15) is 5.10 Å². The molecule has 0 atom stereocenters. The molecule has 2 aromatic rings. The highest BCUT2D eigenvalue weighted by atomic mass is 35.5. The highest BCUT2D eigenvalue weighted by molar-refractivity contribution is 5.99. The highest BCUT2D eigenvalue weighted by Crippen LogP contribution is 2.23. The molecule has 21 heavy (non-hydrogen) atoms. The molecule has 0 unspecified atom stereocenters. The molecule has 1 amide bonds. The Balaban J connectivity index is 0.00000220. The zero-order chi connectivity index (χ0) is 14.8. The molecular formula is C14H18ClFN4O. The number of hydrogen-bond donors (Lipinski definition) is 3. The minimum Gasteiger partial charge on any atom is -0.350 e. The number of H-pyrrole nitrogens is 1. The molecule has 1 heterocycles. The summed E-state index contributed by atoms with van der Waals surface area (Å²) in [7, 11) is 0. The van der Waals surface area contributed by atoms with E-state index >= 15 is 0 Å². The minimum absolute atomic E-state index is 0. The van der Waals surface area contributed by atoms with Gasteiger partial charge in [0, 0.05) is 17.6 Å². The van der Waals surface area contributed by atoms with Crippen molar-refractivity contribution in [2.75, 3.05) is 6.54 Å². The van der Waals surface area contributed by atoms with E-state index in [1.165, 1.54) is 12.3 Å². The lowest BCUT2D eigenvalue weighted by Gasteiger charge is -2.18. The highest BCUT2D eigenvalue weighted by Gasteiger charge is 2.19. The standard InChI is InChI=1S/C14H17FN4O.ClH/c1-14(2,16)8-17-13(20)10-7-18-19-12(10)9-5-3-4-6-11(9)15;/h3-7H,8,16H2,1-2H3,(H,17,20)(H,18,19);1H. The van der Waals surface area contributed by atoms with Crippen molar-refractivity contribution in [3.8, 4) is 11.3 Å². The molecule has 0 aliphatic rings. The third-order valence-corrected chi connectivity index (χ3v) is 2.73. The van der Waals surface area contributed by atoms with Crippen molar-refractivity contribution in [3.63, 3.8) is 0 Å². The van der Waals surface area contributed by atoms with Gasteiger partial charge in [0.2, 0.25) is 0 Å². The van der Waals surface area contributed by atoms with Gasteiger partial charge in [-0.05, 0) is 26.0 Å². The predicted molar refractivity (Wildman–Crippen MR) is 81.8 cm³/mol. The molecule has 0 spiro atoms. The van der Waals surface area contributed by atoms with Crippen molar-refractivity contribution in [1.82, 2.24) is 15.5 Å². The second-order valence-corrected chi connectivity index (χ2v) is 5.31. The SMILES string of the molecule is CC(C)(N)CNC(=O)c1cn[nH]c1-c1ccccc1F.Cl. The quantitative estimate of drug-likeness (QED) is 0.808. The molecule has 0 aliphatic carbocycles. The van der Waals surface area contributed by atoms with Crippen molar-refractivity contribution in [3.05, 3.63) is 41.8 Å². The fraction of sp³-hybridized carbons (Fsp3) is 0.286. The molecule has 0 saturated carbocycles. The minimum atomic E-state index is -0.516. The van der Waals surface area contributed by atoms with Gasteiger partial charge < -0.3 is 11.1 Å². The number of carbonyl (C=O) groups is 1. The van der Waals surface area contributed by atoms with E-state index in [9.17, 15) is 9.18 Å². The second kappa shape index (κ2) is 6.69. The van der Waals surface area contributed by atoms with Gasteiger partial charge in [-0.3, -0.25) is 9.89 Å². The lowest BCUT2D eigenvalue weighted by atomic mass is 10.1. The summed E-state index contributed by atoms with van der Waals surface area (Å²) in [5.74, 6) is -0.750. The summed E-state index contributed by atoms with van der Waals surface area (Å²) in [6, 6.07) is 6.21. The molecule has 2 rings (SSSR count). The smallest absolute Gasteiger partial charge is 0.255 e. The molecular weight excluding hydrogens is 295 g/mol. The number of aromatic nitrogens is 2. The molecule has 0 fully saturated rings. The Hall–Kier alpha value is -1.92. The average molecular weight is 313 g/mol. The van der Waals surface area contributed by atoms with Gasteiger partial charge in [0.05, 0.1) is 17.5 Å². The Morgan fingerprint density at radius 1 is 1.43 bits per heavy atom. The summed E-state index contributed by atoms with van der Waals surface area (Å²) in [6.07, 6.45) is 1.38. The molecule has 4 N–H and O–H groups in total. The number of hydrogen-bond acceptors (Lipinski definition) is 3. The van der Waals surface area contributed by atoms with Crippen LogP contribution in [0.3, 0.4) is 0 Å². The number of nitrogens with one attached hydrogen (secondary N) is 2. The van der Waals surface area contributed by atoms with E-state index in [2.05, 4.69) is 15.5 Å². The number of halogens is 2. The van der Waals surface area contributed by atoms with Crippen LogP contribution in [0.4, 0.5) is 4.39 Å². The summed E-state index contributed by atoms with van der Waals surface area (Å²) in [5, 5.41) is 9.19. The molecule has 7 heteroatoms. The number of rotatable bonds is 4. The van der Waals surface area contributed by atoms with Gasteiger partial charge in [-0.15, -0.1) is 12.4 Å². The molecule has 114 valence electrons. The first-order chi connectivity index (χ1) is 9.38. The largest absolute Gasteiger partial charge is 0.350 e. The van der Waals surface area contributed by atoms with E-state index in [0.717, 1.165) is 0 Å². The maximum absolute atomic E-state index is 13.8. The van der Waals surface area contributed by atoms with E-state index in [-0.39, 0.29) is 18.3 Å². The molecule has 1 aromatic heterocycles. The number of nitrogens with zero attached hydrogens (tertiary/aromatic N) is 1. The summed E-state index contributed by atoms with van der Waals surface area (Å²) >= 11 is 0. The summed E-state index contributed by atoms with van der Waals surface area (Å²) < 4.78 is 13.8. The van der Waals surface area contributed by atoms with Crippen LogP contribution in [0.5, 0.6) is 0 Å². The van der Waals surface area contributed by atoms with Crippen molar-refractivity contribution in [2.45, 2.75) is 19.4 Å². The van der Waals surface area contributed by atoms with Gasteiger partial charge in [0.25, 0.3) is 5.91 Å². The summed E-state index contributed by atoms with van der Waals surface area (Å²) in [6.45, 7) is 3.93. The monoisotopic (exact) mass is 312 g/mol. The third-order valence-electron chi connectivity index (χ3n) is 2.73. The maximum atomic E-state index is 13.8. The lowest BCUT2D eigenvalue weighted by molar-refractivity contribution is 0.0947. The van der Waals surface area contributed by atoms with Crippen LogP contribution in [0, 0.1) is 5.82 Å². The van der Waals surface area contributed by atoms with Crippen LogP contribution in [0.25, 0.3) is 11.3 Å². The van der Waals surface area contributed by atoms with Crippen molar-refractivity contribution < 1.29 is 9.18 Å². The van der Waals surface area contributed by atoms with E-state index in [4.69, 9.17) is 5.73 Å². The van der Waals surface area contributed by atoms with Crippen LogP contribution in [0.1, 0.15) is 24.2 Å². The average Bonchev–Trinajstić information content (AvgIpc) is 2.84. The maximum Gasteiger partial charge on any atom is 0.255 e. The molecule has 0 saturated heterocycles. The Bertz CT molecular complexity index is 621. The Morgan fingerprint density at radius 3 is 2.71 bits per heavy atom. The topological polar surface area (TPSA) is 83.8 Å². The molecule has 1 aromatic carbocycles. The van der Waals surface area contributed by atoms with Crippen LogP contribution >= 0.6 is 12.4 Å². The normalized spacial score (nSPS) is 10.9. The Kier molecular flexibility index (Phi) is 5.46. The van der Waals surface area contributed by atoms with Crippen LogP contribution in [-0.4, -0.2) is 28.2 Å². The van der Waals surface area contributed by atoms with Crippen molar-refractivity contribution >= 4 is 18.3 Å². The first kappa shape index (κ1) is 17.1. The first-order valence-corrected chi connectivity index (χ1v) is 6.24. The van der Waals surface area contributed by atoms with Gasteiger partial charge in [0.1, 0.15) is 5.82 Å². The molecule has 0 aliphatic heterocycles. The molecule has 0 bridgehead atoms. The number of aromatic amines is 1. The number of nitrogens with two attached hydrogens (primary N) is 1. The van der Waals surface area contributed by atoms with E-state index in [0.29, 0.717) is 23.4 Å². The fourth-order valence-corrected chi connectivity index (χ4v) is 1.73. The number of amides is 1. The van der Waals surface area contributed by atoms with Crippen molar-refractivity contribution in [2.24, 2.45) is 5.73 Å². The Labute approximate surface area is 128 Å². The zero-order valence-electron chi connectivity index (χ0n) is 11.8. The Morgan fingerprint density at radius 2 is 2.10 bits per heavy atom. The summed E-state index contributed by atoms with van der Waals surface area (Å²) in [5.41, 5.74) is 6.25. The number of benzene rings is 1. The lowest BCUT2D eigenvalue weighted by Crippen LogP contribution is -2.45. The van der Waals surface area contributed by atoms with Crippen LogP contribution in [0.15, 0.2) is 30.5 Å². The van der Waals surface area contributed by atoms with Gasteiger partial charge in [-0.25, -0.2) is 4.39 Å². The number of carbonyl (C=O) groups excluding carboxylic acids is 1. The van der Waals surface area contributed by atoms with Crippen LogP contribution < -0.4 is 11.1 Å². The third kappa shape index (κ3) is 4.27. The van der Waals surface area contributed by atoms with Gasteiger partial charge in [0.15, 0.2) is 0 Å². The fourth-order valence-electron chi connectivity index (χ4n) is 1.73. The van der Waals surface area contributed by atoms with Crippen LogP contribution in [0.2, 0.25) is 0 Å². The second-order valence-electron chi connectivity index (χ2n) is 5.31. The zero-order valence-corrected chi connectivity index (χ0v) is 12.6. The van der Waals surface area contributed by atoms with E-state index in [1.54, 1.807) is 32.0 Å². The molecule has 5 nitrogen and oxygen atoms in total. The van der Waals surface area contributed by atoms with Crippen LogP contribution in [-0.2, 0) is 0 Å². The van der Waals surface area contributed by atoms with Gasteiger partial charge in [-0.1, -0.05) is 12.1 Å². The van der Waals surface area contributed by atoms with Gasteiger partial charge >= 0.3 is 0 Å². The first-order valence-electron chi connectivity index (χ1n) is 6.24. The van der Waals surface area contributed by atoms with E-state index < -0.39 is 11.4 Å². The predicted octanol–water partition coefficient (Wildman–Crippen LogP) is 2.10. The van der Waals surface area contributed by atoms with E-state index in [1.807, 2.05) is 0 Å². The van der Waals surface area contributed by atoms with Crippen molar-refractivity contribution in [1.29, 1.82) is 0 Å². The molecule has 0 radical (unpaired) electrons. The summed E-state index contributed by atoms with van der Waals surface area (Å²) in [4.78, 5) is 12.1.